The number of fused-ring (bicyclic) bond motifs is 7. The third-order valence-electron chi connectivity index (χ3n) is 7.88. The van der Waals surface area contributed by atoms with Crippen molar-refractivity contribution in [1.82, 2.24) is 4.90 Å². The third kappa shape index (κ3) is 2.74. The van der Waals surface area contributed by atoms with Crippen molar-refractivity contribution in [3.63, 3.8) is 0 Å². The Kier molecular flexibility index (Phi) is 4.70. The van der Waals surface area contributed by atoms with Gasteiger partial charge in [-0.15, -0.1) is 0 Å². The molecule has 3 fully saturated rings. The molecule has 1 N–H and O–H groups in total. The van der Waals surface area contributed by atoms with Crippen LogP contribution in [0.25, 0.3) is 0 Å². The van der Waals surface area contributed by atoms with Crippen LogP contribution in [0.5, 0.6) is 0 Å². The number of nitrogens with one attached hydrogen (secondary N) is 1. The molecule has 0 aromatic heterocycles. The van der Waals surface area contributed by atoms with Gasteiger partial charge in [0.15, 0.2) is 0 Å². The summed E-state index contributed by atoms with van der Waals surface area (Å²) in [7, 11) is 0. The van der Waals surface area contributed by atoms with Crippen LogP contribution in [-0.4, -0.2) is 35.2 Å². The van der Waals surface area contributed by atoms with Crippen molar-refractivity contribution >= 4 is 52.3 Å². The van der Waals surface area contributed by atoms with E-state index in [0.29, 0.717) is 40.9 Å². The summed E-state index contributed by atoms with van der Waals surface area (Å²) >= 11 is 12.5. The van der Waals surface area contributed by atoms with E-state index in [1.807, 2.05) is 4.90 Å². The lowest BCUT2D eigenvalue weighted by Gasteiger charge is -2.36. The van der Waals surface area contributed by atoms with E-state index >= 15 is 0 Å². The molecule has 4 aliphatic heterocycles. The van der Waals surface area contributed by atoms with E-state index in [9.17, 15) is 27.6 Å². The molecule has 0 bridgehead atoms. The van der Waals surface area contributed by atoms with Gasteiger partial charge in [0.05, 0.1) is 33.8 Å². The first-order valence-electron chi connectivity index (χ1n) is 11.1. The second kappa shape index (κ2) is 7.21. The molecule has 6 nitrogen and oxygen atoms in total. The Morgan fingerprint density at radius 2 is 1.77 bits per heavy atom. The Morgan fingerprint density at radius 3 is 2.49 bits per heavy atom. The first kappa shape index (κ1) is 22.8. The molecule has 0 unspecified atom stereocenters. The monoisotopic (exact) mass is 523 g/mol. The Balaban J connectivity index is 1.55. The van der Waals surface area contributed by atoms with Crippen molar-refractivity contribution in [1.29, 1.82) is 0 Å². The van der Waals surface area contributed by atoms with E-state index in [1.165, 1.54) is 0 Å². The second-order valence-corrected chi connectivity index (χ2v) is 10.2. The number of hydrogen-bond donors (Lipinski definition) is 1. The molecule has 2 aromatic carbocycles. The lowest BCUT2D eigenvalue weighted by Crippen LogP contribution is -2.54. The highest BCUT2D eigenvalue weighted by Gasteiger charge is 2.74. The van der Waals surface area contributed by atoms with Gasteiger partial charge in [-0.2, -0.15) is 13.2 Å². The molecule has 35 heavy (non-hydrogen) atoms. The second-order valence-electron chi connectivity index (χ2n) is 9.40. The smallest absolute Gasteiger partial charge is 0.324 e. The Bertz CT molecular complexity index is 1350. The van der Waals surface area contributed by atoms with Crippen molar-refractivity contribution in [2.24, 2.45) is 11.8 Å². The van der Waals surface area contributed by atoms with E-state index in [1.54, 1.807) is 19.1 Å². The van der Waals surface area contributed by atoms with Crippen LogP contribution in [0.2, 0.25) is 10.0 Å². The van der Waals surface area contributed by atoms with Crippen molar-refractivity contribution in [3.8, 4) is 0 Å². The summed E-state index contributed by atoms with van der Waals surface area (Å²) in [6.07, 6.45) is -3.39. The van der Waals surface area contributed by atoms with Crippen LogP contribution in [-0.2, 0) is 26.1 Å². The first-order chi connectivity index (χ1) is 16.5. The average molecular weight is 524 g/mol. The normalized spacial score (nSPS) is 29.7. The minimum Gasteiger partial charge on any atom is -0.324 e. The molecular formula is C24H18Cl2F3N3O3. The summed E-state index contributed by atoms with van der Waals surface area (Å²) in [5.74, 6) is -3.79. The topological polar surface area (TPSA) is 69.7 Å². The SMILES string of the molecule is Cc1c(Cl)ccc2c1NC(=O)[C@]21[C@@H]2C(=O)N(c3cc(C(F)(F)F)ccc3Cl)C(=O)[C@@H]2[C@@H]2CCCN21. The van der Waals surface area contributed by atoms with Crippen LogP contribution in [0.4, 0.5) is 24.5 Å². The standard InChI is InChI=1S/C24H18Cl2F3N3O3/c1-10-13(25)7-5-12-19(10)30-22(35)23(12)18-17(15-3-2-8-31(15)23)20(33)32(21(18)34)16-9-11(24(27,28)29)4-6-14(16)26/h4-7,9,15,17-18H,2-3,8H2,1H3,(H,30,35)/t15-,17+,18-,23+/m0/s1. The molecule has 4 heterocycles. The van der Waals surface area contributed by atoms with Gasteiger partial charge in [0.1, 0.15) is 5.54 Å². The molecule has 6 rings (SSSR count). The van der Waals surface area contributed by atoms with Gasteiger partial charge in [-0.3, -0.25) is 19.3 Å². The zero-order valence-electron chi connectivity index (χ0n) is 18.2. The van der Waals surface area contributed by atoms with Crippen LogP contribution in [0, 0.1) is 18.8 Å². The molecular weight excluding hydrogens is 506 g/mol. The number of nitrogens with zero attached hydrogens (tertiary/aromatic N) is 2. The minimum absolute atomic E-state index is 0.157. The number of imide groups is 1. The molecule has 11 heteroatoms. The molecule has 0 saturated carbocycles. The lowest BCUT2D eigenvalue weighted by molar-refractivity contribution is -0.137. The van der Waals surface area contributed by atoms with Crippen molar-refractivity contribution in [3.05, 3.63) is 57.1 Å². The van der Waals surface area contributed by atoms with Gasteiger partial charge >= 0.3 is 6.18 Å². The summed E-state index contributed by atoms with van der Waals surface area (Å²) in [4.78, 5) is 44.0. The van der Waals surface area contributed by atoms with Crippen LogP contribution in [0.1, 0.15) is 29.5 Å². The van der Waals surface area contributed by atoms with Crippen LogP contribution in [0.3, 0.4) is 0 Å². The minimum atomic E-state index is -4.69. The summed E-state index contributed by atoms with van der Waals surface area (Å²) < 4.78 is 40.2. The molecule has 2 aromatic rings. The summed E-state index contributed by atoms with van der Waals surface area (Å²) in [6.45, 7) is 2.27. The maximum Gasteiger partial charge on any atom is 0.416 e. The average Bonchev–Trinajstić information content (AvgIpc) is 3.50. The van der Waals surface area contributed by atoms with Crippen LogP contribution >= 0.6 is 23.2 Å². The van der Waals surface area contributed by atoms with Crippen molar-refractivity contribution in [2.75, 3.05) is 16.8 Å². The third-order valence-corrected chi connectivity index (χ3v) is 8.61. The predicted octanol–water partition coefficient (Wildman–Crippen LogP) is 4.75. The van der Waals surface area contributed by atoms with Gasteiger partial charge in [-0.1, -0.05) is 29.3 Å². The number of alkyl halides is 3. The van der Waals surface area contributed by atoms with Gasteiger partial charge < -0.3 is 5.32 Å². The molecule has 0 aliphatic carbocycles. The number of anilines is 2. The fourth-order valence-corrected chi connectivity index (χ4v) is 6.85. The number of benzene rings is 2. The Labute approximate surface area is 208 Å². The quantitative estimate of drug-likeness (QED) is 0.547. The maximum absolute atomic E-state index is 13.9. The number of hydrogen-bond acceptors (Lipinski definition) is 4. The predicted molar refractivity (Wildman–Crippen MR) is 122 cm³/mol. The fraction of sp³-hybridized carbons (Fsp3) is 0.375. The Hall–Kier alpha value is -2.62. The number of carbonyl (C=O) groups excluding carboxylic acids is 3. The lowest BCUT2D eigenvalue weighted by atomic mass is 9.75. The van der Waals surface area contributed by atoms with E-state index in [4.69, 9.17) is 23.2 Å². The zero-order chi connectivity index (χ0) is 25.0. The van der Waals surface area contributed by atoms with E-state index < -0.39 is 52.9 Å². The van der Waals surface area contributed by atoms with Gasteiger partial charge in [-0.05, 0) is 56.1 Å². The highest BCUT2D eigenvalue weighted by Crippen LogP contribution is 2.61. The first-order valence-corrected chi connectivity index (χ1v) is 11.9. The highest BCUT2D eigenvalue weighted by atomic mass is 35.5. The zero-order valence-corrected chi connectivity index (χ0v) is 19.8. The molecule has 3 saturated heterocycles. The van der Waals surface area contributed by atoms with E-state index in [-0.39, 0.29) is 10.7 Å². The van der Waals surface area contributed by atoms with Gasteiger partial charge in [0.2, 0.25) is 17.7 Å². The van der Waals surface area contributed by atoms with Crippen LogP contribution in [0.15, 0.2) is 30.3 Å². The largest absolute Gasteiger partial charge is 0.416 e. The number of carbonyl (C=O) groups is 3. The molecule has 0 radical (unpaired) electrons. The maximum atomic E-state index is 13.9. The summed E-state index contributed by atoms with van der Waals surface area (Å²) in [5.41, 5.74) is -1.10. The summed E-state index contributed by atoms with van der Waals surface area (Å²) in [6, 6.07) is 5.47. The molecule has 3 amide bonds. The molecule has 182 valence electrons. The molecule has 4 atom stereocenters. The summed E-state index contributed by atoms with van der Waals surface area (Å²) in [5, 5.41) is 3.16. The van der Waals surface area contributed by atoms with Crippen LogP contribution < -0.4 is 10.2 Å². The van der Waals surface area contributed by atoms with E-state index in [0.717, 1.165) is 23.5 Å². The molecule has 1 spiro atoms. The molecule has 4 aliphatic rings. The van der Waals surface area contributed by atoms with E-state index in [2.05, 4.69) is 5.32 Å². The number of amides is 3. The van der Waals surface area contributed by atoms with Gasteiger partial charge in [0, 0.05) is 16.6 Å². The Morgan fingerprint density at radius 1 is 1.06 bits per heavy atom. The van der Waals surface area contributed by atoms with Gasteiger partial charge in [0.25, 0.3) is 0 Å². The highest BCUT2D eigenvalue weighted by molar-refractivity contribution is 6.36. The van der Waals surface area contributed by atoms with Crippen molar-refractivity contribution < 1.29 is 27.6 Å². The van der Waals surface area contributed by atoms with Crippen molar-refractivity contribution in [2.45, 2.75) is 37.5 Å². The number of rotatable bonds is 1. The fourth-order valence-electron chi connectivity index (χ4n) is 6.49. The number of halogens is 5. The van der Waals surface area contributed by atoms with Gasteiger partial charge in [-0.25, -0.2) is 4.90 Å².